The number of allylic oxidation sites excluding steroid dienone is 5. The fourth-order valence-corrected chi connectivity index (χ4v) is 10.2. The molecule has 1 aliphatic heterocycles. The van der Waals surface area contributed by atoms with Crippen LogP contribution in [0.5, 0.6) is 0 Å². The van der Waals surface area contributed by atoms with Gasteiger partial charge in [-0.2, -0.15) is 0 Å². The van der Waals surface area contributed by atoms with Crippen LogP contribution in [0.4, 0.5) is 0 Å². The number of benzene rings is 1. The van der Waals surface area contributed by atoms with E-state index in [1.54, 1.807) is 24.3 Å². The second-order valence-electron chi connectivity index (χ2n) is 14.7. The molecule has 1 aromatic carbocycles. The second-order valence-corrected chi connectivity index (χ2v) is 16.8. The van der Waals surface area contributed by atoms with Crippen LogP contribution in [0.15, 0.2) is 58.5 Å². The normalized spacial score (nSPS) is 35.8. The van der Waals surface area contributed by atoms with Gasteiger partial charge in [0.15, 0.2) is 44.9 Å². The molecule has 4 fully saturated rings. The highest BCUT2D eigenvalue weighted by molar-refractivity contribution is 7.90. The number of hydrogen-bond acceptors (Lipinski definition) is 10. The molecule has 10 nitrogen and oxygen atoms in total. The lowest BCUT2D eigenvalue weighted by molar-refractivity contribution is -0.200. The lowest BCUT2D eigenvalue weighted by Crippen LogP contribution is -2.63. The minimum absolute atomic E-state index is 0.0125. The van der Waals surface area contributed by atoms with Crippen LogP contribution >= 0.6 is 0 Å². The van der Waals surface area contributed by atoms with Crippen molar-refractivity contribution in [2.24, 2.45) is 28.6 Å². The maximum atomic E-state index is 13.2. The van der Waals surface area contributed by atoms with Gasteiger partial charge in [0.25, 0.3) is 0 Å². The quantitative estimate of drug-likeness (QED) is 0.227. The van der Waals surface area contributed by atoms with E-state index in [1.165, 1.54) is 32.1 Å². The summed E-state index contributed by atoms with van der Waals surface area (Å²) in [7, 11) is -3.24. The van der Waals surface area contributed by atoms with Gasteiger partial charge >= 0.3 is 0 Å². The molecule has 1 aromatic rings. The zero-order valence-electron chi connectivity index (χ0n) is 29.1. The molecule has 0 spiro atoms. The lowest BCUT2D eigenvalue weighted by atomic mass is 9.46. The number of ether oxygens (including phenoxy) is 2. The van der Waals surface area contributed by atoms with Crippen molar-refractivity contribution in [3.05, 3.63) is 59.2 Å². The predicted molar refractivity (Wildman–Crippen MR) is 182 cm³/mol. The Morgan fingerprint density at radius 1 is 1.08 bits per heavy atom. The molecule has 9 atom stereocenters. The molecular weight excluding hydrogens is 648 g/mol. The average Bonchev–Trinajstić information content (AvgIpc) is 3.51. The molecule has 1 unspecified atom stereocenters. The Bertz CT molecular complexity index is 1710. The van der Waals surface area contributed by atoms with Crippen LogP contribution in [0.3, 0.4) is 0 Å². The standard InChI is InChI=1S/C25H34O6.C13H14O4S/c1-4-5-21-30-20-11-17-16-7-6-14-10-15(27)8-9-23(14,2)22(16)18(28)12-24(17,3)25(20,31-21)19(29)13-26;1-9(14)13(10(2)15)8-11-4-6-12(7-5-11)18(3,16)17/h8-10,16-18,20-22,26,28H,4-7,11-13H2,1-3H3;4-8H,1-3H3/t16-,17-,18-,20+,21?,22+,23-,24-,25+;/m0./s1. The Morgan fingerprint density at radius 3 is 2.31 bits per heavy atom. The lowest BCUT2D eigenvalue weighted by Gasteiger charge is -2.59. The van der Waals surface area contributed by atoms with E-state index in [0.717, 1.165) is 31.1 Å². The minimum atomic E-state index is -3.24. The van der Waals surface area contributed by atoms with Crippen LogP contribution in [0.2, 0.25) is 0 Å². The molecule has 0 radical (unpaired) electrons. The van der Waals surface area contributed by atoms with Crippen molar-refractivity contribution in [2.45, 2.75) is 102 Å². The highest BCUT2D eigenvalue weighted by atomic mass is 32.2. The van der Waals surface area contributed by atoms with Crippen LogP contribution in [-0.4, -0.2) is 78.7 Å². The number of ketones is 4. The van der Waals surface area contributed by atoms with Gasteiger partial charge in [0.05, 0.1) is 22.7 Å². The molecule has 0 aromatic heterocycles. The first kappa shape index (κ1) is 37.2. The number of fused-ring (bicyclic) bond motifs is 7. The van der Waals surface area contributed by atoms with Crippen LogP contribution in [0, 0.1) is 28.6 Å². The topological polar surface area (TPSA) is 161 Å². The number of hydrogen-bond donors (Lipinski definition) is 2. The van der Waals surface area contributed by atoms with Gasteiger partial charge in [-0.25, -0.2) is 8.42 Å². The SMILES string of the molecule is CC(=O)C(=Cc1ccc(S(C)(=O)=O)cc1)C(C)=O.CCCC1O[C@@H]2C[C@H]3[C@@H]4CCC5=CC(=O)C=C[C@]5(C)[C@H]4[C@@H](O)C[C@]3(C)[C@]2(C(=O)CO)O1. The van der Waals surface area contributed by atoms with Crippen molar-refractivity contribution in [3.8, 4) is 0 Å². The monoisotopic (exact) mass is 696 g/mol. The molecule has 4 aliphatic carbocycles. The van der Waals surface area contributed by atoms with Crippen molar-refractivity contribution >= 4 is 39.0 Å². The van der Waals surface area contributed by atoms with Gasteiger partial charge < -0.3 is 19.7 Å². The number of rotatable bonds is 8. The molecule has 0 bridgehead atoms. The van der Waals surface area contributed by atoms with E-state index >= 15 is 0 Å². The Hall–Kier alpha value is -3.09. The fraction of sp³-hybridized carbons (Fsp3) is 0.579. The highest BCUT2D eigenvalue weighted by Crippen LogP contribution is 2.69. The van der Waals surface area contributed by atoms with Crippen LogP contribution < -0.4 is 0 Å². The summed E-state index contributed by atoms with van der Waals surface area (Å²) in [4.78, 5) is 47.9. The van der Waals surface area contributed by atoms with Gasteiger partial charge in [-0.3, -0.25) is 19.2 Å². The van der Waals surface area contributed by atoms with Crippen molar-refractivity contribution in [3.63, 3.8) is 0 Å². The first-order valence-electron chi connectivity index (χ1n) is 17.1. The molecule has 3 saturated carbocycles. The molecule has 0 amide bonds. The van der Waals surface area contributed by atoms with Gasteiger partial charge in [0, 0.05) is 23.0 Å². The molecule has 266 valence electrons. The van der Waals surface area contributed by atoms with Gasteiger partial charge in [-0.1, -0.05) is 51.0 Å². The van der Waals surface area contributed by atoms with E-state index in [2.05, 4.69) is 20.8 Å². The Balaban J connectivity index is 0.000000223. The molecular formula is C38H48O10S. The first-order valence-corrected chi connectivity index (χ1v) is 19.0. The maximum Gasteiger partial charge on any atom is 0.193 e. The molecule has 1 saturated heterocycles. The van der Waals surface area contributed by atoms with Crippen LogP contribution in [0.25, 0.3) is 6.08 Å². The van der Waals surface area contributed by atoms with Gasteiger partial charge in [-0.05, 0) is 93.7 Å². The predicted octanol–water partition coefficient (Wildman–Crippen LogP) is 4.37. The third kappa shape index (κ3) is 6.37. The summed E-state index contributed by atoms with van der Waals surface area (Å²) in [6.45, 7) is 8.31. The number of Topliss-reactive ketones (excluding diaryl/α,β-unsaturated/α-hetero) is 3. The summed E-state index contributed by atoms with van der Waals surface area (Å²) >= 11 is 0. The molecule has 5 aliphatic rings. The number of carbonyl (C=O) groups excluding carboxylic acids is 4. The van der Waals surface area contributed by atoms with Gasteiger partial charge in [0.1, 0.15) is 6.61 Å². The Morgan fingerprint density at radius 2 is 1.73 bits per heavy atom. The summed E-state index contributed by atoms with van der Waals surface area (Å²) in [6.07, 6.45) is 10.9. The summed E-state index contributed by atoms with van der Waals surface area (Å²) in [5.41, 5.74) is -0.334. The Kier molecular flexibility index (Phi) is 10.3. The summed E-state index contributed by atoms with van der Waals surface area (Å²) in [5.74, 6) is -0.594. The second kappa shape index (κ2) is 13.6. The molecule has 2 N–H and O–H groups in total. The average molecular weight is 697 g/mol. The summed E-state index contributed by atoms with van der Waals surface area (Å²) < 4.78 is 35.2. The Labute approximate surface area is 288 Å². The smallest absolute Gasteiger partial charge is 0.193 e. The van der Waals surface area contributed by atoms with Crippen molar-refractivity contribution in [2.75, 3.05) is 12.9 Å². The molecule has 6 rings (SSSR count). The molecule has 1 heterocycles. The van der Waals surface area contributed by atoms with Crippen LogP contribution in [-0.2, 0) is 38.5 Å². The van der Waals surface area contributed by atoms with Gasteiger partial charge in [0.2, 0.25) is 0 Å². The number of sulfone groups is 1. The third-order valence-corrected chi connectivity index (χ3v) is 12.9. The number of aliphatic hydroxyl groups is 2. The van der Waals surface area contributed by atoms with Crippen molar-refractivity contribution < 1.29 is 47.3 Å². The molecule has 11 heteroatoms. The zero-order valence-corrected chi connectivity index (χ0v) is 29.9. The third-order valence-electron chi connectivity index (χ3n) is 11.7. The molecule has 49 heavy (non-hydrogen) atoms. The van der Waals surface area contributed by atoms with E-state index in [1.807, 2.05) is 6.08 Å². The van der Waals surface area contributed by atoms with Crippen LogP contribution in [0.1, 0.15) is 78.7 Å². The van der Waals surface area contributed by atoms with E-state index in [-0.39, 0.29) is 56.8 Å². The first-order chi connectivity index (χ1) is 22.9. The van der Waals surface area contributed by atoms with E-state index in [4.69, 9.17) is 9.47 Å². The summed E-state index contributed by atoms with van der Waals surface area (Å²) in [6, 6.07) is 6.00. The van der Waals surface area contributed by atoms with E-state index < -0.39 is 46.0 Å². The maximum absolute atomic E-state index is 13.2. The van der Waals surface area contributed by atoms with Gasteiger partial charge in [-0.15, -0.1) is 0 Å². The van der Waals surface area contributed by atoms with E-state index in [0.29, 0.717) is 24.8 Å². The number of aliphatic hydroxyl groups excluding tert-OH is 2. The van der Waals surface area contributed by atoms with Crippen molar-refractivity contribution in [1.29, 1.82) is 0 Å². The zero-order chi connectivity index (χ0) is 36.1. The van der Waals surface area contributed by atoms with E-state index in [9.17, 15) is 37.8 Å². The fourth-order valence-electron chi connectivity index (χ4n) is 9.55. The highest BCUT2D eigenvalue weighted by Gasteiger charge is 2.75. The van der Waals surface area contributed by atoms with Crippen molar-refractivity contribution in [1.82, 2.24) is 0 Å². The largest absolute Gasteiger partial charge is 0.393 e. The summed E-state index contributed by atoms with van der Waals surface area (Å²) in [5, 5.41) is 21.4. The minimum Gasteiger partial charge on any atom is -0.393 e. The number of carbonyl (C=O) groups is 4.